The molecule has 0 aromatic heterocycles. The summed E-state index contributed by atoms with van der Waals surface area (Å²) < 4.78 is 5.23. The van der Waals surface area contributed by atoms with E-state index in [1.54, 1.807) is 42.3 Å². The number of halogens is 1. The number of anilines is 2. The second-order valence-electron chi connectivity index (χ2n) is 8.46. The summed E-state index contributed by atoms with van der Waals surface area (Å²) in [5.74, 6) is 0.144. The van der Waals surface area contributed by atoms with E-state index in [-0.39, 0.29) is 18.2 Å². The third kappa shape index (κ3) is 5.31. The average Bonchev–Trinajstić information content (AvgIpc) is 3.06. The lowest BCUT2D eigenvalue weighted by molar-refractivity contribution is -0.124. The van der Waals surface area contributed by atoms with Crippen LogP contribution in [0.15, 0.2) is 66.7 Å². The van der Waals surface area contributed by atoms with Crippen molar-refractivity contribution >= 4 is 52.1 Å². The van der Waals surface area contributed by atoms with Crippen LogP contribution < -0.4 is 15.0 Å². The van der Waals surface area contributed by atoms with Crippen molar-refractivity contribution in [2.45, 2.75) is 32.9 Å². The van der Waals surface area contributed by atoms with Gasteiger partial charge in [0.2, 0.25) is 5.91 Å². The van der Waals surface area contributed by atoms with Gasteiger partial charge in [0.1, 0.15) is 11.8 Å². The molecule has 180 valence electrons. The monoisotopic (exact) mass is 507 g/mol. The first kappa shape index (κ1) is 24.7. The van der Waals surface area contributed by atoms with E-state index in [9.17, 15) is 9.59 Å². The maximum absolute atomic E-state index is 13.6. The minimum Gasteiger partial charge on any atom is -0.497 e. The smallest absolute Gasteiger partial charge is 0.256 e. The molecule has 4 rings (SSSR count). The van der Waals surface area contributed by atoms with E-state index in [2.05, 4.69) is 5.32 Å². The Hall–Kier alpha value is -3.42. The first-order chi connectivity index (χ1) is 16.8. The number of hydrogen-bond acceptors (Lipinski definition) is 4. The van der Waals surface area contributed by atoms with Crippen molar-refractivity contribution in [3.63, 3.8) is 0 Å². The molecule has 1 aliphatic heterocycles. The molecule has 0 radical (unpaired) electrons. The Balaban J connectivity index is 1.62. The fraction of sp³-hybridized carbons (Fsp3) is 0.222. The molecule has 1 atom stereocenters. The van der Waals surface area contributed by atoms with Gasteiger partial charge in [0.25, 0.3) is 5.91 Å². The van der Waals surface area contributed by atoms with Crippen LogP contribution in [0.5, 0.6) is 5.75 Å². The highest BCUT2D eigenvalue weighted by Crippen LogP contribution is 2.31. The van der Waals surface area contributed by atoms with Gasteiger partial charge in [-0.1, -0.05) is 47.5 Å². The topological polar surface area (TPSA) is 61.9 Å². The van der Waals surface area contributed by atoms with Crippen LogP contribution in [0.4, 0.5) is 11.4 Å². The summed E-state index contributed by atoms with van der Waals surface area (Å²) in [6.45, 7) is 4.24. The highest BCUT2D eigenvalue weighted by Gasteiger charge is 2.44. The minimum absolute atomic E-state index is 0.0522. The third-order valence-corrected chi connectivity index (χ3v) is 6.77. The SMILES string of the molecule is COc1ccc(N2C(=O)C(CC(=O)Nc3ccc(C)cc3C)N(Cc3ccccc3Cl)C2=S)cc1. The number of ether oxygens (including phenoxy) is 1. The number of benzene rings is 3. The predicted molar refractivity (Wildman–Crippen MR) is 143 cm³/mol. The van der Waals surface area contributed by atoms with Crippen molar-refractivity contribution < 1.29 is 14.3 Å². The highest BCUT2D eigenvalue weighted by molar-refractivity contribution is 7.80. The second kappa shape index (κ2) is 10.5. The van der Waals surface area contributed by atoms with Gasteiger partial charge < -0.3 is 15.0 Å². The van der Waals surface area contributed by atoms with Gasteiger partial charge >= 0.3 is 0 Å². The standard InChI is InChI=1S/C27H26ClN3O3S/c1-17-8-13-23(18(2)14-17)29-25(32)15-24-26(33)31(20-9-11-21(34-3)12-10-20)27(35)30(24)16-19-6-4-5-7-22(19)28/h4-14,24H,15-16H2,1-3H3,(H,29,32). The molecule has 0 bridgehead atoms. The maximum Gasteiger partial charge on any atom is 0.256 e. The molecule has 1 unspecified atom stereocenters. The van der Waals surface area contributed by atoms with Crippen molar-refractivity contribution in [1.82, 2.24) is 4.90 Å². The van der Waals surface area contributed by atoms with E-state index in [0.717, 1.165) is 22.4 Å². The van der Waals surface area contributed by atoms with Crippen LogP contribution in [0.3, 0.4) is 0 Å². The first-order valence-electron chi connectivity index (χ1n) is 11.2. The zero-order valence-electron chi connectivity index (χ0n) is 19.7. The highest BCUT2D eigenvalue weighted by atomic mass is 35.5. The summed E-state index contributed by atoms with van der Waals surface area (Å²) in [5, 5.41) is 3.84. The summed E-state index contributed by atoms with van der Waals surface area (Å²) >= 11 is 12.1. The van der Waals surface area contributed by atoms with Gasteiger partial charge in [-0.05, 0) is 73.6 Å². The largest absolute Gasteiger partial charge is 0.497 e. The van der Waals surface area contributed by atoms with E-state index in [0.29, 0.717) is 28.1 Å². The van der Waals surface area contributed by atoms with Gasteiger partial charge in [0.05, 0.1) is 19.2 Å². The molecule has 1 aliphatic rings. The Kier molecular flexibility index (Phi) is 7.38. The molecule has 0 aliphatic carbocycles. The number of methoxy groups -OCH3 is 1. The summed E-state index contributed by atoms with van der Waals surface area (Å²) in [5.41, 5.74) is 4.22. The fourth-order valence-corrected chi connectivity index (χ4v) is 4.71. The van der Waals surface area contributed by atoms with Crippen LogP contribution in [-0.4, -0.2) is 35.0 Å². The van der Waals surface area contributed by atoms with Crippen LogP contribution in [0.1, 0.15) is 23.1 Å². The molecular formula is C27H26ClN3O3S. The molecule has 1 N–H and O–H groups in total. The number of nitrogens with zero attached hydrogens (tertiary/aromatic N) is 2. The molecule has 3 aromatic carbocycles. The number of rotatable bonds is 7. The normalized spacial score (nSPS) is 15.5. The van der Waals surface area contributed by atoms with Crippen LogP contribution in [0.2, 0.25) is 5.02 Å². The molecule has 8 heteroatoms. The Labute approximate surface area is 215 Å². The molecule has 1 heterocycles. The fourth-order valence-electron chi connectivity index (χ4n) is 4.12. The summed E-state index contributed by atoms with van der Waals surface area (Å²) in [4.78, 5) is 29.9. The zero-order valence-corrected chi connectivity index (χ0v) is 21.3. The summed E-state index contributed by atoms with van der Waals surface area (Å²) in [6, 6.07) is 19.5. The van der Waals surface area contributed by atoms with Gasteiger partial charge in [0.15, 0.2) is 5.11 Å². The van der Waals surface area contributed by atoms with Crippen LogP contribution in [0.25, 0.3) is 0 Å². The van der Waals surface area contributed by atoms with E-state index >= 15 is 0 Å². The Morgan fingerprint density at radius 2 is 1.80 bits per heavy atom. The van der Waals surface area contributed by atoms with Gasteiger partial charge in [-0.25, -0.2) is 0 Å². The molecule has 35 heavy (non-hydrogen) atoms. The van der Waals surface area contributed by atoms with Gasteiger partial charge in [-0.3, -0.25) is 14.5 Å². The van der Waals surface area contributed by atoms with Gasteiger partial charge in [0, 0.05) is 17.3 Å². The number of nitrogens with one attached hydrogen (secondary N) is 1. The number of hydrogen-bond donors (Lipinski definition) is 1. The Morgan fingerprint density at radius 1 is 1.09 bits per heavy atom. The third-order valence-electron chi connectivity index (χ3n) is 5.98. The summed E-state index contributed by atoms with van der Waals surface area (Å²) in [7, 11) is 1.58. The molecule has 1 fully saturated rings. The molecule has 0 saturated carbocycles. The number of carbonyl (C=O) groups excluding carboxylic acids is 2. The molecule has 2 amide bonds. The van der Waals surface area contributed by atoms with Crippen molar-refractivity contribution in [3.8, 4) is 5.75 Å². The van der Waals surface area contributed by atoms with E-state index in [4.69, 9.17) is 28.6 Å². The maximum atomic E-state index is 13.6. The quantitative estimate of drug-likeness (QED) is 0.428. The van der Waals surface area contributed by atoms with Crippen LogP contribution in [0, 0.1) is 13.8 Å². The van der Waals surface area contributed by atoms with Crippen molar-refractivity contribution in [1.29, 1.82) is 0 Å². The van der Waals surface area contributed by atoms with Crippen LogP contribution >= 0.6 is 23.8 Å². The molecule has 6 nitrogen and oxygen atoms in total. The molecule has 1 saturated heterocycles. The average molecular weight is 508 g/mol. The molecule has 3 aromatic rings. The van der Waals surface area contributed by atoms with Crippen LogP contribution in [-0.2, 0) is 16.1 Å². The second-order valence-corrected chi connectivity index (χ2v) is 9.23. The van der Waals surface area contributed by atoms with Gasteiger partial charge in [-0.2, -0.15) is 0 Å². The minimum atomic E-state index is -0.772. The van der Waals surface area contributed by atoms with Crippen molar-refractivity contribution in [2.75, 3.05) is 17.3 Å². The number of aryl methyl sites for hydroxylation is 2. The lowest BCUT2D eigenvalue weighted by atomic mass is 10.1. The lowest BCUT2D eigenvalue weighted by Crippen LogP contribution is -2.37. The lowest BCUT2D eigenvalue weighted by Gasteiger charge is -2.24. The molecular weight excluding hydrogens is 482 g/mol. The Bertz CT molecular complexity index is 1280. The van der Waals surface area contributed by atoms with E-state index < -0.39 is 6.04 Å². The van der Waals surface area contributed by atoms with E-state index in [1.165, 1.54) is 4.90 Å². The number of thiocarbonyl (C=S) groups is 1. The Morgan fingerprint density at radius 3 is 2.46 bits per heavy atom. The zero-order chi connectivity index (χ0) is 25.1. The summed E-state index contributed by atoms with van der Waals surface area (Å²) in [6.07, 6.45) is -0.0522. The molecule has 0 spiro atoms. The predicted octanol–water partition coefficient (Wildman–Crippen LogP) is 5.50. The van der Waals surface area contributed by atoms with Gasteiger partial charge in [-0.15, -0.1) is 0 Å². The number of carbonyl (C=O) groups is 2. The van der Waals surface area contributed by atoms with E-state index in [1.807, 2.05) is 50.2 Å². The van der Waals surface area contributed by atoms with Crippen molar-refractivity contribution in [2.24, 2.45) is 0 Å². The first-order valence-corrected chi connectivity index (χ1v) is 12.0. The number of amides is 2. The van der Waals surface area contributed by atoms with Crippen molar-refractivity contribution in [3.05, 3.63) is 88.4 Å².